The minimum absolute atomic E-state index is 0.126. The number of hydrogen-bond donors (Lipinski definition) is 2. The van der Waals surface area contributed by atoms with Crippen molar-refractivity contribution in [3.05, 3.63) is 52.4 Å². The standard InChI is InChI=1S/C15H16N2O2S2/c1-10-4-2-3-5-11(10)8-20-9-13(18)17-15-12(14(16)19)6-7-21-15/h2-7H,8-9H2,1H3,(H2,16,19)(H,17,18). The van der Waals surface area contributed by atoms with Gasteiger partial charge in [-0.15, -0.1) is 23.1 Å². The van der Waals surface area contributed by atoms with E-state index in [1.807, 2.05) is 12.1 Å². The van der Waals surface area contributed by atoms with Crippen LogP contribution in [0.2, 0.25) is 0 Å². The third-order valence-corrected chi connectivity index (χ3v) is 4.75. The highest BCUT2D eigenvalue weighted by molar-refractivity contribution is 7.99. The molecule has 0 atom stereocenters. The van der Waals surface area contributed by atoms with Crippen molar-refractivity contribution in [3.63, 3.8) is 0 Å². The van der Waals surface area contributed by atoms with E-state index in [2.05, 4.69) is 24.4 Å². The van der Waals surface area contributed by atoms with Crippen LogP contribution in [0.4, 0.5) is 5.00 Å². The van der Waals surface area contributed by atoms with E-state index in [4.69, 9.17) is 5.73 Å². The number of thiophene rings is 1. The first-order valence-electron chi connectivity index (χ1n) is 6.37. The van der Waals surface area contributed by atoms with Crippen LogP contribution < -0.4 is 11.1 Å². The fourth-order valence-electron chi connectivity index (χ4n) is 1.79. The third kappa shape index (κ3) is 4.34. The largest absolute Gasteiger partial charge is 0.366 e. The van der Waals surface area contributed by atoms with Gasteiger partial charge in [-0.1, -0.05) is 24.3 Å². The number of aryl methyl sites for hydroxylation is 1. The predicted octanol–water partition coefficient (Wildman–Crippen LogP) is 3.03. The quantitative estimate of drug-likeness (QED) is 0.859. The summed E-state index contributed by atoms with van der Waals surface area (Å²) in [5, 5.41) is 4.98. The average molecular weight is 320 g/mol. The minimum atomic E-state index is -0.529. The zero-order valence-electron chi connectivity index (χ0n) is 11.6. The second-order valence-electron chi connectivity index (χ2n) is 4.50. The number of benzene rings is 1. The zero-order chi connectivity index (χ0) is 15.2. The number of hydrogen-bond acceptors (Lipinski definition) is 4. The van der Waals surface area contributed by atoms with Crippen molar-refractivity contribution in [2.24, 2.45) is 5.73 Å². The molecule has 3 N–H and O–H groups in total. The molecule has 0 saturated carbocycles. The number of rotatable bonds is 6. The molecule has 110 valence electrons. The van der Waals surface area contributed by atoms with Gasteiger partial charge in [0.1, 0.15) is 5.00 Å². The first-order chi connectivity index (χ1) is 10.1. The molecular formula is C15H16N2O2S2. The first kappa shape index (κ1) is 15.6. The Hall–Kier alpha value is -1.79. The van der Waals surface area contributed by atoms with Crippen LogP contribution in [0.1, 0.15) is 21.5 Å². The molecule has 21 heavy (non-hydrogen) atoms. The highest BCUT2D eigenvalue weighted by Gasteiger charge is 2.12. The fraction of sp³-hybridized carbons (Fsp3) is 0.200. The van der Waals surface area contributed by atoms with Gasteiger partial charge in [-0.25, -0.2) is 0 Å². The van der Waals surface area contributed by atoms with Gasteiger partial charge in [-0.2, -0.15) is 0 Å². The molecule has 6 heteroatoms. The van der Waals surface area contributed by atoms with Crippen molar-refractivity contribution in [2.45, 2.75) is 12.7 Å². The number of carbonyl (C=O) groups is 2. The monoisotopic (exact) mass is 320 g/mol. The number of thioether (sulfide) groups is 1. The summed E-state index contributed by atoms with van der Waals surface area (Å²) in [6.45, 7) is 2.06. The van der Waals surface area contributed by atoms with Crippen LogP contribution in [0.15, 0.2) is 35.7 Å². The number of amides is 2. The summed E-state index contributed by atoms with van der Waals surface area (Å²) in [4.78, 5) is 23.1. The predicted molar refractivity (Wildman–Crippen MR) is 88.8 cm³/mol. The van der Waals surface area contributed by atoms with Gasteiger partial charge in [0.15, 0.2) is 0 Å². The first-order valence-corrected chi connectivity index (χ1v) is 8.40. The van der Waals surface area contributed by atoms with Crippen molar-refractivity contribution in [2.75, 3.05) is 11.1 Å². The van der Waals surface area contributed by atoms with Gasteiger partial charge in [0.05, 0.1) is 11.3 Å². The normalized spacial score (nSPS) is 10.3. The van der Waals surface area contributed by atoms with Gasteiger partial charge in [-0.3, -0.25) is 9.59 Å². The molecule has 1 aromatic carbocycles. The van der Waals surface area contributed by atoms with Crippen LogP contribution in [0, 0.1) is 6.92 Å². The number of nitrogens with one attached hydrogen (secondary N) is 1. The lowest BCUT2D eigenvalue weighted by Crippen LogP contribution is -2.17. The highest BCUT2D eigenvalue weighted by Crippen LogP contribution is 2.23. The van der Waals surface area contributed by atoms with Gasteiger partial charge < -0.3 is 11.1 Å². The summed E-state index contributed by atoms with van der Waals surface area (Å²) < 4.78 is 0. The van der Waals surface area contributed by atoms with Gasteiger partial charge in [-0.05, 0) is 29.5 Å². The lowest BCUT2D eigenvalue weighted by molar-refractivity contribution is -0.113. The summed E-state index contributed by atoms with van der Waals surface area (Å²) in [5.41, 5.74) is 8.05. The smallest absolute Gasteiger partial charge is 0.251 e. The Labute approximate surface area is 131 Å². The number of anilines is 1. The van der Waals surface area contributed by atoms with E-state index in [-0.39, 0.29) is 5.91 Å². The van der Waals surface area contributed by atoms with E-state index in [9.17, 15) is 9.59 Å². The second kappa shape index (κ2) is 7.28. The molecule has 1 heterocycles. The van der Waals surface area contributed by atoms with E-state index in [1.54, 1.807) is 23.2 Å². The van der Waals surface area contributed by atoms with E-state index >= 15 is 0 Å². The van der Waals surface area contributed by atoms with Crippen LogP contribution >= 0.6 is 23.1 Å². The summed E-state index contributed by atoms with van der Waals surface area (Å²) in [7, 11) is 0. The molecule has 0 aliphatic rings. The SMILES string of the molecule is Cc1ccccc1CSCC(=O)Nc1sccc1C(N)=O. The summed E-state index contributed by atoms with van der Waals surface area (Å²) in [6, 6.07) is 9.72. The van der Waals surface area contributed by atoms with Crippen molar-refractivity contribution < 1.29 is 9.59 Å². The average Bonchev–Trinajstić information content (AvgIpc) is 2.89. The van der Waals surface area contributed by atoms with Crippen LogP contribution in [0.3, 0.4) is 0 Å². The second-order valence-corrected chi connectivity index (χ2v) is 6.40. The molecular weight excluding hydrogens is 304 g/mol. The molecule has 4 nitrogen and oxygen atoms in total. The summed E-state index contributed by atoms with van der Waals surface area (Å²) in [6.07, 6.45) is 0. The molecule has 2 amide bonds. The van der Waals surface area contributed by atoms with E-state index in [0.29, 0.717) is 16.3 Å². The highest BCUT2D eigenvalue weighted by atomic mass is 32.2. The molecule has 0 spiro atoms. The van der Waals surface area contributed by atoms with Crippen LogP contribution in [-0.4, -0.2) is 17.6 Å². The lowest BCUT2D eigenvalue weighted by atomic mass is 10.1. The van der Waals surface area contributed by atoms with Gasteiger partial charge in [0, 0.05) is 5.75 Å². The number of primary amides is 1. The topological polar surface area (TPSA) is 72.2 Å². The zero-order valence-corrected chi connectivity index (χ0v) is 13.2. The van der Waals surface area contributed by atoms with Crippen molar-refractivity contribution >= 4 is 39.9 Å². The molecule has 1 aromatic heterocycles. The van der Waals surface area contributed by atoms with E-state index in [0.717, 1.165) is 5.75 Å². The van der Waals surface area contributed by atoms with Crippen molar-refractivity contribution in [1.29, 1.82) is 0 Å². The molecule has 0 saturated heterocycles. The van der Waals surface area contributed by atoms with Crippen LogP contribution in [0.5, 0.6) is 0 Å². The number of carbonyl (C=O) groups excluding carboxylic acids is 2. The fourth-order valence-corrected chi connectivity index (χ4v) is 3.50. The summed E-state index contributed by atoms with van der Waals surface area (Å²) >= 11 is 2.84. The maximum atomic E-state index is 11.9. The molecule has 0 aliphatic carbocycles. The van der Waals surface area contributed by atoms with Gasteiger partial charge in [0.25, 0.3) is 5.91 Å². The Balaban J connectivity index is 1.84. The van der Waals surface area contributed by atoms with Crippen molar-refractivity contribution in [1.82, 2.24) is 0 Å². The Morgan fingerprint density at radius 3 is 2.76 bits per heavy atom. The van der Waals surface area contributed by atoms with Crippen LogP contribution in [-0.2, 0) is 10.5 Å². The van der Waals surface area contributed by atoms with Crippen molar-refractivity contribution in [3.8, 4) is 0 Å². The molecule has 2 rings (SSSR count). The van der Waals surface area contributed by atoms with E-state index < -0.39 is 5.91 Å². The van der Waals surface area contributed by atoms with Gasteiger partial charge in [0.2, 0.25) is 5.91 Å². The molecule has 0 fully saturated rings. The minimum Gasteiger partial charge on any atom is -0.366 e. The molecule has 0 bridgehead atoms. The lowest BCUT2D eigenvalue weighted by Gasteiger charge is -2.06. The maximum absolute atomic E-state index is 11.9. The Kier molecular flexibility index (Phi) is 5.41. The molecule has 0 unspecified atom stereocenters. The van der Waals surface area contributed by atoms with Crippen LogP contribution in [0.25, 0.3) is 0 Å². The molecule has 0 aliphatic heterocycles. The molecule has 0 radical (unpaired) electrons. The summed E-state index contributed by atoms with van der Waals surface area (Å²) in [5.74, 6) is 0.468. The number of nitrogens with two attached hydrogens (primary N) is 1. The maximum Gasteiger partial charge on any atom is 0.251 e. The molecule has 2 aromatic rings. The third-order valence-electron chi connectivity index (χ3n) is 2.94. The van der Waals surface area contributed by atoms with E-state index in [1.165, 1.54) is 22.5 Å². The Morgan fingerprint density at radius 2 is 2.05 bits per heavy atom. The Morgan fingerprint density at radius 1 is 1.29 bits per heavy atom. The Bertz CT molecular complexity index is 653. The van der Waals surface area contributed by atoms with Gasteiger partial charge >= 0.3 is 0 Å².